The van der Waals surface area contributed by atoms with Crippen LogP contribution in [0.5, 0.6) is 5.75 Å². The average Bonchev–Trinajstić information content (AvgIpc) is 2.36. The highest BCUT2D eigenvalue weighted by Crippen LogP contribution is 2.24. The monoisotopic (exact) mass is 261 g/mol. The molecule has 1 unspecified atom stereocenters. The van der Waals surface area contributed by atoms with Crippen molar-refractivity contribution in [3.63, 3.8) is 0 Å². The quantitative estimate of drug-likeness (QED) is 0.758. The molecule has 0 saturated carbocycles. The van der Waals surface area contributed by atoms with Crippen molar-refractivity contribution in [2.75, 3.05) is 13.2 Å². The Kier molecular flexibility index (Phi) is 5.83. The van der Waals surface area contributed by atoms with Crippen molar-refractivity contribution in [1.82, 2.24) is 5.32 Å². The maximum atomic E-state index is 11.5. The Labute approximate surface area is 113 Å². The third-order valence-electron chi connectivity index (χ3n) is 2.58. The summed E-state index contributed by atoms with van der Waals surface area (Å²) in [7, 11) is 0. The number of carbonyl (C=O) groups is 1. The lowest BCUT2D eigenvalue weighted by molar-refractivity contribution is -0.123. The summed E-state index contributed by atoms with van der Waals surface area (Å²) in [4.78, 5) is 11.5. The number of amides is 1. The minimum atomic E-state index is -0.243. The van der Waals surface area contributed by atoms with Crippen molar-refractivity contribution in [2.24, 2.45) is 5.73 Å². The summed E-state index contributed by atoms with van der Waals surface area (Å²) in [5.74, 6) is 0.387. The summed E-state index contributed by atoms with van der Waals surface area (Å²) in [6, 6.07) is 7.53. The molecule has 0 radical (unpaired) electrons. The number of benzene rings is 1. The fourth-order valence-electron chi connectivity index (χ4n) is 1.59. The van der Waals surface area contributed by atoms with E-state index in [0.29, 0.717) is 18.7 Å². The van der Waals surface area contributed by atoms with E-state index in [1.807, 2.05) is 38.1 Å². The Balaban J connectivity index is 2.59. The summed E-state index contributed by atoms with van der Waals surface area (Å²) < 4.78 is 5.50. The molecule has 0 fully saturated rings. The van der Waals surface area contributed by atoms with Crippen molar-refractivity contribution < 1.29 is 9.53 Å². The highest BCUT2D eigenvalue weighted by molar-refractivity contribution is 5.77. The van der Waals surface area contributed by atoms with Gasteiger partial charge in [0, 0.05) is 18.2 Å². The summed E-state index contributed by atoms with van der Waals surface area (Å²) in [5, 5.41) is 11.0. The maximum absolute atomic E-state index is 11.5. The fourth-order valence-corrected chi connectivity index (χ4v) is 1.59. The molecule has 1 aromatic rings. The van der Waals surface area contributed by atoms with Gasteiger partial charge in [-0.25, -0.2) is 0 Å². The van der Waals surface area contributed by atoms with Gasteiger partial charge in [-0.2, -0.15) is 5.26 Å². The first-order chi connectivity index (χ1) is 9.04. The number of hydrogen-bond acceptors (Lipinski definition) is 4. The van der Waals surface area contributed by atoms with E-state index in [-0.39, 0.29) is 18.6 Å². The Bertz CT molecular complexity index is 478. The maximum Gasteiger partial charge on any atom is 0.257 e. The Hall–Kier alpha value is -2.06. The normalized spacial score (nSPS) is 11.5. The first-order valence-electron chi connectivity index (χ1n) is 6.17. The Morgan fingerprint density at radius 2 is 2.32 bits per heavy atom. The molecule has 102 valence electrons. The molecule has 0 saturated heterocycles. The molecule has 5 nitrogen and oxygen atoms in total. The summed E-state index contributed by atoms with van der Waals surface area (Å²) >= 11 is 0. The Morgan fingerprint density at radius 3 is 2.95 bits per heavy atom. The first kappa shape index (κ1) is 15.0. The van der Waals surface area contributed by atoms with Crippen LogP contribution in [0.2, 0.25) is 0 Å². The number of nitrogens with one attached hydrogen (secondary N) is 1. The highest BCUT2D eigenvalue weighted by atomic mass is 16.5. The van der Waals surface area contributed by atoms with E-state index in [2.05, 4.69) is 5.32 Å². The lowest BCUT2D eigenvalue weighted by Gasteiger charge is -2.14. The van der Waals surface area contributed by atoms with Gasteiger partial charge in [0.1, 0.15) is 5.75 Å². The van der Waals surface area contributed by atoms with E-state index < -0.39 is 0 Å². The smallest absolute Gasteiger partial charge is 0.257 e. The molecule has 0 bridgehead atoms. The number of nitrogens with two attached hydrogens (primary N) is 1. The van der Waals surface area contributed by atoms with Crippen molar-refractivity contribution in [1.29, 1.82) is 5.26 Å². The van der Waals surface area contributed by atoms with Crippen molar-refractivity contribution >= 4 is 5.91 Å². The summed E-state index contributed by atoms with van der Waals surface area (Å²) in [5.41, 5.74) is 7.77. The molecule has 19 heavy (non-hydrogen) atoms. The van der Waals surface area contributed by atoms with E-state index in [0.717, 1.165) is 11.1 Å². The Morgan fingerprint density at radius 1 is 1.58 bits per heavy atom. The van der Waals surface area contributed by atoms with E-state index in [1.165, 1.54) is 0 Å². The van der Waals surface area contributed by atoms with Crippen LogP contribution in [0.15, 0.2) is 18.2 Å². The molecule has 1 aromatic carbocycles. The largest absolute Gasteiger partial charge is 0.483 e. The fraction of sp³-hybridized carbons (Fsp3) is 0.429. The summed E-state index contributed by atoms with van der Waals surface area (Å²) in [6.45, 7) is 4.08. The molecular weight excluding hydrogens is 242 g/mol. The van der Waals surface area contributed by atoms with Gasteiger partial charge in [0.05, 0.1) is 12.5 Å². The number of rotatable bonds is 6. The minimum Gasteiger partial charge on any atom is -0.483 e. The van der Waals surface area contributed by atoms with Gasteiger partial charge in [0.2, 0.25) is 0 Å². The lowest BCUT2D eigenvalue weighted by Crippen LogP contribution is -2.29. The van der Waals surface area contributed by atoms with Gasteiger partial charge < -0.3 is 15.8 Å². The first-order valence-corrected chi connectivity index (χ1v) is 6.17. The molecule has 1 amide bonds. The van der Waals surface area contributed by atoms with Crippen LogP contribution >= 0.6 is 0 Å². The van der Waals surface area contributed by atoms with Crippen LogP contribution in [0.3, 0.4) is 0 Å². The minimum absolute atomic E-state index is 0.0748. The zero-order valence-electron chi connectivity index (χ0n) is 11.3. The van der Waals surface area contributed by atoms with Crippen LogP contribution in [-0.4, -0.2) is 19.1 Å². The topological polar surface area (TPSA) is 88.1 Å². The molecule has 3 N–H and O–H groups in total. The predicted octanol–water partition coefficient (Wildman–Crippen LogP) is 1.42. The second-order valence-electron chi connectivity index (χ2n) is 4.38. The van der Waals surface area contributed by atoms with Crippen LogP contribution in [-0.2, 0) is 4.79 Å². The van der Waals surface area contributed by atoms with Gasteiger partial charge in [-0.15, -0.1) is 0 Å². The van der Waals surface area contributed by atoms with Crippen molar-refractivity contribution in [3.8, 4) is 11.8 Å². The molecular formula is C14H19N3O2. The summed E-state index contributed by atoms with van der Waals surface area (Å²) in [6.07, 6.45) is 0.293. The van der Waals surface area contributed by atoms with E-state index in [1.54, 1.807) is 0 Å². The van der Waals surface area contributed by atoms with Crippen LogP contribution in [0, 0.1) is 18.3 Å². The number of hydrogen-bond donors (Lipinski definition) is 2. The van der Waals surface area contributed by atoms with E-state index in [4.69, 9.17) is 15.7 Å². The molecule has 0 aliphatic heterocycles. The zero-order chi connectivity index (χ0) is 14.3. The standard InChI is InChI=1S/C14H19N3O2/c1-10-4-5-12(11(2)16)13(8-10)19-9-14(18)17-7-3-6-15/h4-5,8,11H,3,7,9,16H2,1-2H3,(H,17,18). The van der Waals surface area contributed by atoms with Crippen molar-refractivity contribution in [2.45, 2.75) is 26.3 Å². The SMILES string of the molecule is Cc1ccc(C(C)N)c(OCC(=O)NCCC#N)c1. The van der Waals surface area contributed by atoms with Gasteiger partial charge in [-0.1, -0.05) is 12.1 Å². The number of carbonyl (C=O) groups excluding carboxylic acids is 1. The number of aryl methyl sites for hydroxylation is 1. The van der Waals surface area contributed by atoms with Crippen LogP contribution in [0.1, 0.15) is 30.5 Å². The number of ether oxygens (including phenoxy) is 1. The number of nitriles is 1. The molecule has 0 aliphatic rings. The molecule has 0 spiro atoms. The predicted molar refractivity (Wildman–Crippen MR) is 72.5 cm³/mol. The average molecular weight is 261 g/mol. The van der Waals surface area contributed by atoms with Gasteiger partial charge >= 0.3 is 0 Å². The molecule has 1 rings (SSSR count). The van der Waals surface area contributed by atoms with Crippen LogP contribution in [0.4, 0.5) is 0 Å². The number of nitrogens with zero attached hydrogens (tertiary/aromatic N) is 1. The highest BCUT2D eigenvalue weighted by Gasteiger charge is 2.10. The molecule has 5 heteroatoms. The van der Waals surface area contributed by atoms with Gasteiger partial charge in [-0.3, -0.25) is 4.79 Å². The van der Waals surface area contributed by atoms with Gasteiger partial charge in [0.25, 0.3) is 5.91 Å². The van der Waals surface area contributed by atoms with E-state index in [9.17, 15) is 4.79 Å². The van der Waals surface area contributed by atoms with Crippen LogP contribution in [0.25, 0.3) is 0 Å². The molecule has 0 aliphatic carbocycles. The third kappa shape index (κ3) is 4.98. The third-order valence-corrected chi connectivity index (χ3v) is 2.58. The molecule has 0 heterocycles. The van der Waals surface area contributed by atoms with Gasteiger partial charge in [0.15, 0.2) is 6.61 Å². The molecule has 0 aromatic heterocycles. The second-order valence-corrected chi connectivity index (χ2v) is 4.38. The second kappa shape index (κ2) is 7.39. The van der Waals surface area contributed by atoms with Crippen LogP contribution < -0.4 is 15.8 Å². The zero-order valence-corrected chi connectivity index (χ0v) is 11.3. The van der Waals surface area contributed by atoms with Gasteiger partial charge in [-0.05, 0) is 25.5 Å². The lowest BCUT2D eigenvalue weighted by atomic mass is 10.1. The molecule has 1 atom stereocenters. The van der Waals surface area contributed by atoms with E-state index >= 15 is 0 Å². The van der Waals surface area contributed by atoms with Crippen molar-refractivity contribution in [3.05, 3.63) is 29.3 Å².